The maximum atomic E-state index is 5.58. The average Bonchev–Trinajstić information content (AvgIpc) is 2.37. The quantitative estimate of drug-likeness (QED) is 0.816. The van der Waals surface area contributed by atoms with Crippen LogP contribution in [0.1, 0.15) is 18.4 Å². The van der Waals surface area contributed by atoms with E-state index in [2.05, 4.69) is 17.3 Å². The van der Waals surface area contributed by atoms with Crippen LogP contribution in [0.3, 0.4) is 0 Å². The molecule has 1 saturated heterocycles. The molecule has 1 aliphatic heterocycles. The Bertz CT molecular complexity index is 402. The van der Waals surface area contributed by atoms with E-state index >= 15 is 0 Å². The van der Waals surface area contributed by atoms with Gasteiger partial charge in [-0.1, -0.05) is 12.2 Å². The van der Waals surface area contributed by atoms with E-state index in [-0.39, 0.29) is 0 Å². The Kier molecular flexibility index (Phi) is 4.55. The molecule has 1 unspecified atom stereocenters. The van der Waals surface area contributed by atoms with Crippen molar-refractivity contribution in [1.82, 2.24) is 4.90 Å². The Morgan fingerprint density at radius 3 is 2.78 bits per heavy atom. The highest BCUT2D eigenvalue weighted by Gasteiger charge is 2.16. The summed E-state index contributed by atoms with van der Waals surface area (Å²) >= 11 is 4.94. The third-order valence-electron chi connectivity index (χ3n) is 3.49. The standard InChI is InChI=1S/C14H21N3S/c1-17-8-2-3-11(10-17)9-16-13-6-4-12(5-7-13)14(15)18/h4-7,11,16H,2-3,8-10H2,1H3,(H2,15,18). The molecule has 98 valence electrons. The molecule has 0 aromatic heterocycles. The molecule has 1 atom stereocenters. The minimum Gasteiger partial charge on any atom is -0.389 e. The molecular formula is C14H21N3S. The van der Waals surface area contributed by atoms with Crippen molar-refractivity contribution in [1.29, 1.82) is 0 Å². The zero-order valence-electron chi connectivity index (χ0n) is 10.9. The van der Waals surface area contributed by atoms with Crippen molar-refractivity contribution in [2.24, 2.45) is 11.7 Å². The maximum Gasteiger partial charge on any atom is 0.103 e. The van der Waals surface area contributed by atoms with Gasteiger partial charge in [-0.15, -0.1) is 0 Å². The van der Waals surface area contributed by atoms with Crippen LogP contribution < -0.4 is 11.1 Å². The second kappa shape index (κ2) is 6.16. The van der Waals surface area contributed by atoms with E-state index in [1.807, 2.05) is 24.3 Å². The zero-order valence-corrected chi connectivity index (χ0v) is 11.7. The van der Waals surface area contributed by atoms with Gasteiger partial charge in [0.1, 0.15) is 4.99 Å². The van der Waals surface area contributed by atoms with Crippen LogP contribution in [0.15, 0.2) is 24.3 Å². The van der Waals surface area contributed by atoms with Crippen LogP contribution in [0, 0.1) is 5.92 Å². The van der Waals surface area contributed by atoms with E-state index in [9.17, 15) is 0 Å². The topological polar surface area (TPSA) is 41.3 Å². The first-order valence-corrected chi connectivity index (χ1v) is 6.88. The summed E-state index contributed by atoms with van der Waals surface area (Å²) in [4.78, 5) is 2.86. The number of nitrogens with two attached hydrogens (primary N) is 1. The fourth-order valence-corrected chi connectivity index (χ4v) is 2.59. The van der Waals surface area contributed by atoms with Gasteiger partial charge in [-0.05, 0) is 56.6 Å². The number of hydrogen-bond donors (Lipinski definition) is 2. The SMILES string of the molecule is CN1CCCC(CNc2ccc(C(N)=S)cc2)C1. The van der Waals surface area contributed by atoms with Crippen molar-refractivity contribution in [2.75, 3.05) is 32.0 Å². The first kappa shape index (κ1) is 13.3. The summed E-state index contributed by atoms with van der Waals surface area (Å²) in [6.07, 6.45) is 2.63. The number of thiocarbonyl (C=S) groups is 1. The smallest absolute Gasteiger partial charge is 0.103 e. The fourth-order valence-electron chi connectivity index (χ4n) is 2.45. The minimum atomic E-state index is 0.454. The molecule has 0 bridgehead atoms. The molecular weight excluding hydrogens is 242 g/mol. The van der Waals surface area contributed by atoms with Crippen molar-refractivity contribution in [3.63, 3.8) is 0 Å². The largest absolute Gasteiger partial charge is 0.389 e. The second-order valence-electron chi connectivity index (χ2n) is 5.09. The number of nitrogens with zero attached hydrogens (tertiary/aromatic N) is 1. The Balaban J connectivity index is 1.84. The number of rotatable bonds is 4. The molecule has 1 aromatic carbocycles. The predicted molar refractivity (Wildman–Crippen MR) is 81.0 cm³/mol. The molecule has 0 aliphatic carbocycles. The van der Waals surface area contributed by atoms with Crippen molar-refractivity contribution >= 4 is 22.9 Å². The van der Waals surface area contributed by atoms with Crippen molar-refractivity contribution in [2.45, 2.75) is 12.8 Å². The molecule has 1 aliphatic rings. The van der Waals surface area contributed by atoms with Gasteiger partial charge in [-0.3, -0.25) is 0 Å². The van der Waals surface area contributed by atoms with Crippen LogP contribution >= 0.6 is 12.2 Å². The average molecular weight is 263 g/mol. The van der Waals surface area contributed by atoms with E-state index in [0.29, 0.717) is 4.99 Å². The van der Waals surface area contributed by atoms with E-state index in [1.165, 1.54) is 25.9 Å². The molecule has 0 amide bonds. The molecule has 4 heteroatoms. The van der Waals surface area contributed by atoms with Crippen molar-refractivity contribution in [3.05, 3.63) is 29.8 Å². The lowest BCUT2D eigenvalue weighted by Crippen LogP contribution is -2.35. The molecule has 1 aromatic rings. The highest BCUT2D eigenvalue weighted by molar-refractivity contribution is 7.80. The molecule has 1 fully saturated rings. The van der Waals surface area contributed by atoms with E-state index in [1.54, 1.807) is 0 Å². The molecule has 2 rings (SSSR count). The van der Waals surface area contributed by atoms with Crippen LogP contribution in [0.4, 0.5) is 5.69 Å². The van der Waals surface area contributed by atoms with Crippen LogP contribution in [0.2, 0.25) is 0 Å². The van der Waals surface area contributed by atoms with Gasteiger partial charge in [-0.25, -0.2) is 0 Å². The summed E-state index contributed by atoms with van der Waals surface area (Å²) in [5, 5.41) is 3.49. The lowest BCUT2D eigenvalue weighted by molar-refractivity contribution is 0.217. The summed E-state index contributed by atoms with van der Waals surface area (Å²) < 4.78 is 0. The summed E-state index contributed by atoms with van der Waals surface area (Å²) in [5.74, 6) is 0.749. The highest BCUT2D eigenvalue weighted by Crippen LogP contribution is 2.16. The number of likely N-dealkylation sites (tertiary alicyclic amines) is 1. The van der Waals surface area contributed by atoms with Crippen LogP contribution in [0.5, 0.6) is 0 Å². The third kappa shape index (κ3) is 3.68. The summed E-state index contributed by atoms with van der Waals surface area (Å²) in [6, 6.07) is 8.03. The Morgan fingerprint density at radius 2 is 2.17 bits per heavy atom. The molecule has 3 nitrogen and oxygen atoms in total. The second-order valence-corrected chi connectivity index (χ2v) is 5.53. The monoisotopic (exact) mass is 263 g/mol. The van der Waals surface area contributed by atoms with Gasteiger partial charge in [0.05, 0.1) is 0 Å². The molecule has 18 heavy (non-hydrogen) atoms. The highest BCUT2D eigenvalue weighted by atomic mass is 32.1. The number of anilines is 1. The van der Waals surface area contributed by atoms with Crippen molar-refractivity contribution in [3.8, 4) is 0 Å². The lowest BCUT2D eigenvalue weighted by Gasteiger charge is -2.29. The first-order valence-electron chi connectivity index (χ1n) is 6.47. The number of hydrogen-bond acceptors (Lipinski definition) is 3. The molecule has 0 radical (unpaired) electrons. The number of piperidine rings is 1. The lowest BCUT2D eigenvalue weighted by atomic mass is 9.98. The van der Waals surface area contributed by atoms with Crippen LogP contribution in [-0.4, -0.2) is 36.6 Å². The van der Waals surface area contributed by atoms with Gasteiger partial charge in [0.15, 0.2) is 0 Å². The van der Waals surface area contributed by atoms with Gasteiger partial charge in [0, 0.05) is 24.3 Å². The van der Waals surface area contributed by atoms with E-state index < -0.39 is 0 Å². The third-order valence-corrected chi connectivity index (χ3v) is 3.72. The van der Waals surface area contributed by atoms with Crippen LogP contribution in [0.25, 0.3) is 0 Å². The van der Waals surface area contributed by atoms with Crippen molar-refractivity contribution < 1.29 is 0 Å². The molecule has 1 heterocycles. The van der Waals surface area contributed by atoms with Crippen LogP contribution in [-0.2, 0) is 0 Å². The van der Waals surface area contributed by atoms with Gasteiger partial charge in [0.25, 0.3) is 0 Å². The predicted octanol–water partition coefficient (Wildman–Crippen LogP) is 2.07. The molecule has 3 N–H and O–H groups in total. The first-order chi connectivity index (χ1) is 8.65. The number of nitrogens with one attached hydrogen (secondary N) is 1. The van der Waals surface area contributed by atoms with E-state index in [0.717, 1.165) is 23.7 Å². The normalized spacial score (nSPS) is 20.6. The molecule has 0 saturated carbocycles. The summed E-state index contributed by atoms with van der Waals surface area (Å²) in [7, 11) is 2.20. The number of benzene rings is 1. The zero-order chi connectivity index (χ0) is 13.0. The van der Waals surface area contributed by atoms with Gasteiger partial charge in [-0.2, -0.15) is 0 Å². The Labute approximate surface area is 114 Å². The van der Waals surface area contributed by atoms with E-state index in [4.69, 9.17) is 18.0 Å². The van der Waals surface area contributed by atoms with Gasteiger partial charge < -0.3 is 16.0 Å². The Morgan fingerprint density at radius 1 is 1.44 bits per heavy atom. The van der Waals surface area contributed by atoms with Gasteiger partial charge >= 0.3 is 0 Å². The summed E-state index contributed by atoms with van der Waals surface area (Å²) in [6.45, 7) is 3.47. The fraction of sp³-hybridized carbons (Fsp3) is 0.500. The minimum absolute atomic E-state index is 0.454. The summed E-state index contributed by atoms with van der Waals surface area (Å²) in [5.41, 5.74) is 7.64. The van der Waals surface area contributed by atoms with Gasteiger partial charge in [0.2, 0.25) is 0 Å². The maximum absolute atomic E-state index is 5.58. The Hall–Kier alpha value is -1.13. The molecule has 0 spiro atoms.